The molecule has 0 aliphatic rings. The van der Waals surface area contributed by atoms with Gasteiger partial charge in [-0.1, -0.05) is 64.6 Å². The Morgan fingerprint density at radius 1 is 0.931 bits per heavy atom. The number of hydrogen-bond donors (Lipinski definition) is 1. The van der Waals surface area contributed by atoms with Gasteiger partial charge in [0.1, 0.15) is 12.4 Å². The van der Waals surface area contributed by atoms with Crippen molar-refractivity contribution in [3.63, 3.8) is 0 Å². The number of halogens is 4. The molecular weight excluding hydrogens is 454 g/mol. The van der Waals surface area contributed by atoms with Gasteiger partial charge in [0.15, 0.2) is 0 Å². The summed E-state index contributed by atoms with van der Waals surface area (Å²) < 4.78 is 5.85. The van der Waals surface area contributed by atoms with Crippen molar-refractivity contribution in [3.8, 4) is 5.75 Å². The number of hydrazone groups is 1. The molecule has 0 atom stereocenters. The third-order valence-electron chi connectivity index (χ3n) is 3.86. The minimum Gasteiger partial charge on any atom is -0.488 e. The number of nitrogens with one attached hydrogen (secondary N) is 1. The lowest BCUT2D eigenvalue weighted by molar-refractivity contribution is 0.0955. The quantitative estimate of drug-likeness (QED) is 0.326. The Labute approximate surface area is 188 Å². The van der Waals surface area contributed by atoms with Crippen LogP contribution < -0.4 is 10.2 Å². The number of carbonyl (C=O) groups is 1. The van der Waals surface area contributed by atoms with Crippen LogP contribution in [-0.2, 0) is 6.61 Å². The van der Waals surface area contributed by atoms with E-state index in [1.54, 1.807) is 30.3 Å². The van der Waals surface area contributed by atoms with Crippen molar-refractivity contribution in [1.82, 2.24) is 5.43 Å². The van der Waals surface area contributed by atoms with E-state index < -0.39 is 5.91 Å². The summed E-state index contributed by atoms with van der Waals surface area (Å²) in [5.41, 5.74) is 4.19. The van der Waals surface area contributed by atoms with Crippen molar-refractivity contribution in [2.45, 2.75) is 6.61 Å². The maximum Gasteiger partial charge on any atom is 0.272 e. The van der Waals surface area contributed by atoms with Gasteiger partial charge in [0.05, 0.1) is 16.8 Å². The number of ether oxygens (including phenoxy) is 1. The van der Waals surface area contributed by atoms with Crippen LogP contribution >= 0.6 is 46.4 Å². The molecule has 0 unspecified atom stereocenters. The number of rotatable bonds is 6. The number of amides is 1. The largest absolute Gasteiger partial charge is 0.488 e. The molecule has 148 valence electrons. The highest BCUT2D eigenvalue weighted by atomic mass is 35.5. The number of para-hydroxylation sites is 1. The van der Waals surface area contributed by atoms with Crippen LogP contribution in [0.5, 0.6) is 5.75 Å². The zero-order valence-corrected chi connectivity index (χ0v) is 17.9. The lowest BCUT2D eigenvalue weighted by atomic mass is 10.2. The van der Waals surface area contributed by atoms with Gasteiger partial charge in [0.25, 0.3) is 5.91 Å². The first-order valence-electron chi connectivity index (χ1n) is 8.38. The van der Waals surface area contributed by atoms with Crippen LogP contribution in [0.2, 0.25) is 20.1 Å². The Balaban J connectivity index is 1.67. The average Bonchev–Trinajstić information content (AvgIpc) is 2.68. The molecule has 1 N–H and O–H groups in total. The Morgan fingerprint density at radius 2 is 1.62 bits per heavy atom. The fraction of sp³-hybridized carbons (Fsp3) is 0.0476. The van der Waals surface area contributed by atoms with Crippen molar-refractivity contribution < 1.29 is 9.53 Å². The number of hydrogen-bond acceptors (Lipinski definition) is 3. The summed E-state index contributed by atoms with van der Waals surface area (Å²) in [6, 6.07) is 17.1. The number of benzene rings is 3. The molecule has 3 aromatic rings. The fourth-order valence-corrected chi connectivity index (χ4v) is 3.36. The molecule has 0 spiro atoms. The van der Waals surface area contributed by atoms with Crippen LogP contribution in [0.3, 0.4) is 0 Å². The monoisotopic (exact) mass is 466 g/mol. The minimum absolute atomic E-state index is 0.244. The normalized spacial score (nSPS) is 10.9. The van der Waals surface area contributed by atoms with E-state index in [1.807, 2.05) is 18.2 Å². The molecule has 0 fully saturated rings. The molecule has 0 aromatic heterocycles. The Hall–Kier alpha value is -2.24. The smallest absolute Gasteiger partial charge is 0.272 e. The van der Waals surface area contributed by atoms with E-state index in [4.69, 9.17) is 51.1 Å². The third-order valence-corrected chi connectivity index (χ3v) is 5.00. The zero-order chi connectivity index (χ0) is 20.8. The standard InChI is InChI=1S/C21H14Cl4N2O2/c22-15-6-5-14(18(24)9-15)12-29-20-4-2-1-3-13(20)11-26-27-21(28)17-8-7-16(23)10-19(17)25/h1-11H,12H2,(H,27,28)/b26-11-. The average molecular weight is 468 g/mol. The molecular formula is C21H14Cl4N2O2. The Kier molecular flexibility index (Phi) is 7.40. The molecule has 3 aromatic carbocycles. The predicted molar refractivity (Wildman–Crippen MR) is 119 cm³/mol. The van der Waals surface area contributed by atoms with Gasteiger partial charge in [0.2, 0.25) is 0 Å². The lowest BCUT2D eigenvalue weighted by Gasteiger charge is -2.10. The summed E-state index contributed by atoms with van der Waals surface area (Å²) in [4.78, 5) is 12.2. The summed E-state index contributed by atoms with van der Waals surface area (Å²) in [5, 5.41) is 5.76. The topological polar surface area (TPSA) is 50.7 Å². The lowest BCUT2D eigenvalue weighted by Crippen LogP contribution is -2.18. The van der Waals surface area contributed by atoms with Gasteiger partial charge in [-0.05, 0) is 42.5 Å². The second-order valence-corrected chi connectivity index (χ2v) is 7.57. The van der Waals surface area contributed by atoms with Gasteiger partial charge in [0, 0.05) is 26.2 Å². The van der Waals surface area contributed by atoms with Gasteiger partial charge in [-0.3, -0.25) is 4.79 Å². The second kappa shape index (κ2) is 9.99. The molecule has 0 bridgehead atoms. The molecule has 8 heteroatoms. The summed E-state index contributed by atoms with van der Waals surface area (Å²) in [5.74, 6) is 0.135. The highest BCUT2D eigenvalue weighted by molar-refractivity contribution is 6.36. The number of nitrogens with zero attached hydrogens (tertiary/aromatic N) is 1. The van der Waals surface area contributed by atoms with Crippen molar-refractivity contribution in [3.05, 3.63) is 97.4 Å². The maximum absolute atomic E-state index is 12.2. The Bertz CT molecular complexity index is 1070. The summed E-state index contributed by atoms with van der Waals surface area (Å²) >= 11 is 24.0. The van der Waals surface area contributed by atoms with E-state index in [-0.39, 0.29) is 17.2 Å². The van der Waals surface area contributed by atoms with E-state index in [2.05, 4.69) is 10.5 Å². The number of carbonyl (C=O) groups excluding carboxylic acids is 1. The first-order valence-corrected chi connectivity index (χ1v) is 9.89. The van der Waals surface area contributed by atoms with Gasteiger partial charge in [-0.2, -0.15) is 5.10 Å². The summed E-state index contributed by atoms with van der Waals surface area (Å²) in [6.45, 7) is 0.258. The molecule has 3 rings (SSSR count). The molecule has 1 amide bonds. The third kappa shape index (κ3) is 5.87. The molecule has 4 nitrogen and oxygen atoms in total. The van der Waals surface area contributed by atoms with Crippen molar-refractivity contribution in [2.24, 2.45) is 5.10 Å². The summed E-state index contributed by atoms with van der Waals surface area (Å²) in [6.07, 6.45) is 1.49. The first-order chi connectivity index (χ1) is 13.9. The zero-order valence-electron chi connectivity index (χ0n) is 14.8. The van der Waals surface area contributed by atoms with Crippen LogP contribution in [-0.4, -0.2) is 12.1 Å². The first kappa shape index (κ1) is 21.5. The molecule has 0 heterocycles. The van der Waals surface area contributed by atoms with E-state index in [1.165, 1.54) is 18.3 Å². The molecule has 0 saturated carbocycles. The van der Waals surface area contributed by atoms with Crippen molar-refractivity contribution >= 4 is 58.5 Å². The SMILES string of the molecule is O=C(N/N=C\c1ccccc1OCc1ccc(Cl)cc1Cl)c1ccc(Cl)cc1Cl. The van der Waals surface area contributed by atoms with Crippen LogP contribution in [0.4, 0.5) is 0 Å². The fourth-order valence-electron chi connectivity index (χ4n) is 2.41. The summed E-state index contributed by atoms with van der Waals surface area (Å²) in [7, 11) is 0. The van der Waals surface area contributed by atoms with Crippen LogP contribution in [0, 0.1) is 0 Å². The highest BCUT2D eigenvalue weighted by Gasteiger charge is 2.10. The Morgan fingerprint density at radius 3 is 2.34 bits per heavy atom. The van der Waals surface area contributed by atoms with E-state index in [0.29, 0.717) is 26.4 Å². The van der Waals surface area contributed by atoms with E-state index in [0.717, 1.165) is 5.56 Å². The van der Waals surface area contributed by atoms with Crippen LogP contribution in [0.25, 0.3) is 0 Å². The maximum atomic E-state index is 12.2. The molecule has 29 heavy (non-hydrogen) atoms. The van der Waals surface area contributed by atoms with E-state index in [9.17, 15) is 4.79 Å². The second-order valence-electron chi connectivity index (χ2n) is 5.89. The van der Waals surface area contributed by atoms with Crippen molar-refractivity contribution in [1.29, 1.82) is 0 Å². The van der Waals surface area contributed by atoms with Crippen LogP contribution in [0.1, 0.15) is 21.5 Å². The van der Waals surface area contributed by atoms with E-state index >= 15 is 0 Å². The van der Waals surface area contributed by atoms with Gasteiger partial charge in [-0.25, -0.2) is 5.43 Å². The van der Waals surface area contributed by atoms with Gasteiger partial charge < -0.3 is 4.74 Å². The molecule has 0 aliphatic carbocycles. The molecule has 0 saturated heterocycles. The van der Waals surface area contributed by atoms with Crippen molar-refractivity contribution in [2.75, 3.05) is 0 Å². The predicted octanol–water partition coefficient (Wildman–Crippen LogP) is 6.64. The van der Waals surface area contributed by atoms with Gasteiger partial charge >= 0.3 is 0 Å². The minimum atomic E-state index is -0.450. The molecule has 0 radical (unpaired) electrons. The van der Waals surface area contributed by atoms with Crippen LogP contribution in [0.15, 0.2) is 65.8 Å². The highest BCUT2D eigenvalue weighted by Crippen LogP contribution is 2.24. The molecule has 0 aliphatic heterocycles. The van der Waals surface area contributed by atoms with Gasteiger partial charge in [-0.15, -0.1) is 0 Å².